The lowest BCUT2D eigenvalue weighted by Gasteiger charge is -2.12. The number of rotatable bonds is 7. The molecule has 3 aromatic heterocycles. The monoisotopic (exact) mass is 430 g/mol. The summed E-state index contributed by atoms with van der Waals surface area (Å²) >= 11 is 2.99. The predicted molar refractivity (Wildman–Crippen MR) is 114 cm³/mol. The van der Waals surface area contributed by atoms with E-state index in [4.69, 9.17) is 4.74 Å². The van der Waals surface area contributed by atoms with Gasteiger partial charge in [0.15, 0.2) is 10.8 Å². The smallest absolute Gasteiger partial charge is 0.341 e. The molecule has 3 heterocycles. The van der Waals surface area contributed by atoms with Gasteiger partial charge in [-0.2, -0.15) is 0 Å². The first kappa shape index (κ1) is 19.9. The molecule has 1 N–H and O–H groups in total. The molecule has 0 spiro atoms. The van der Waals surface area contributed by atoms with Gasteiger partial charge < -0.3 is 10.1 Å². The molecule has 3 aromatic rings. The van der Waals surface area contributed by atoms with E-state index in [2.05, 4.69) is 15.5 Å². The van der Waals surface area contributed by atoms with Gasteiger partial charge in [0.25, 0.3) is 0 Å². The molecule has 0 unspecified atom stereocenters. The molecule has 29 heavy (non-hydrogen) atoms. The average Bonchev–Trinajstić information content (AvgIpc) is 3.29. The van der Waals surface area contributed by atoms with E-state index in [0.717, 1.165) is 42.1 Å². The second kappa shape index (κ2) is 8.96. The number of thioether (sulfide) groups is 1. The van der Waals surface area contributed by atoms with Crippen molar-refractivity contribution in [3.05, 3.63) is 40.4 Å². The quantitative estimate of drug-likeness (QED) is 0.451. The van der Waals surface area contributed by atoms with Crippen LogP contribution in [-0.4, -0.2) is 38.8 Å². The van der Waals surface area contributed by atoms with Crippen LogP contribution in [0.25, 0.3) is 5.65 Å². The van der Waals surface area contributed by atoms with Gasteiger partial charge in [-0.3, -0.25) is 9.20 Å². The zero-order valence-corrected chi connectivity index (χ0v) is 17.8. The highest BCUT2D eigenvalue weighted by atomic mass is 32.2. The van der Waals surface area contributed by atoms with Crippen LogP contribution in [-0.2, 0) is 22.4 Å². The number of anilines is 1. The summed E-state index contributed by atoms with van der Waals surface area (Å²) in [5, 5.41) is 12.6. The van der Waals surface area contributed by atoms with Crippen LogP contribution in [0.2, 0.25) is 0 Å². The fourth-order valence-corrected chi connectivity index (χ4v) is 5.57. The van der Waals surface area contributed by atoms with Crippen LogP contribution in [0, 0.1) is 0 Å². The molecule has 0 atom stereocenters. The largest absolute Gasteiger partial charge is 0.462 e. The van der Waals surface area contributed by atoms with E-state index in [1.54, 1.807) is 6.92 Å². The third kappa shape index (κ3) is 4.30. The zero-order valence-electron chi connectivity index (χ0n) is 16.1. The topological polar surface area (TPSA) is 85.6 Å². The molecule has 9 heteroatoms. The lowest BCUT2D eigenvalue weighted by Crippen LogP contribution is -2.16. The first-order valence-electron chi connectivity index (χ1n) is 9.71. The number of fused-ring (bicyclic) bond motifs is 2. The SMILES string of the molecule is CCOC(=O)c1c(NC(=O)CCSc2nnc3ccccn23)sc2c1CCCC2. The van der Waals surface area contributed by atoms with E-state index in [0.29, 0.717) is 29.3 Å². The van der Waals surface area contributed by atoms with Gasteiger partial charge in [-0.05, 0) is 50.3 Å². The van der Waals surface area contributed by atoms with Gasteiger partial charge in [-0.25, -0.2) is 4.79 Å². The summed E-state index contributed by atoms with van der Waals surface area (Å²) in [5.74, 6) is 0.114. The summed E-state index contributed by atoms with van der Waals surface area (Å²) in [5.41, 5.74) is 2.39. The highest BCUT2D eigenvalue weighted by molar-refractivity contribution is 7.99. The standard InChI is InChI=1S/C20H22N4O3S2/c1-2-27-19(26)17-13-7-3-4-8-14(13)29-18(17)21-16(25)10-12-28-20-23-22-15-9-5-6-11-24(15)20/h5-6,9,11H,2-4,7-8,10,12H2,1H3,(H,21,25). The number of aromatic nitrogens is 3. The molecular formula is C20H22N4O3S2. The Morgan fingerprint density at radius 1 is 1.28 bits per heavy atom. The molecule has 152 valence electrons. The van der Waals surface area contributed by atoms with Crippen LogP contribution < -0.4 is 5.32 Å². The van der Waals surface area contributed by atoms with Gasteiger partial charge in [0.2, 0.25) is 5.91 Å². The molecule has 1 amide bonds. The first-order valence-corrected chi connectivity index (χ1v) is 11.5. The minimum Gasteiger partial charge on any atom is -0.462 e. The summed E-state index contributed by atoms with van der Waals surface area (Å²) in [6.45, 7) is 2.11. The van der Waals surface area contributed by atoms with E-state index in [9.17, 15) is 9.59 Å². The van der Waals surface area contributed by atoms with Gasteiger partial charge in [-0.15, -0.1) is 21.5 Å². The second-order valence-electron chi connectivity index (χ2n) is 6.69. The first-order chi connectivity index (χ1) is 14.2. The van der Waals surface area contributed by atoms with Crippen molar-refractivity contribution in [2.24, 2.45) is 0 Å². The summed E-state index contributed by atoms with van der Waals surface area (Å²) in [6, 6.07) is 5.72. The summed E-state index contributed by atoms with van der Waals surface area (Å²) in [4.78, 5) is 26.2. The molecule has 1 aliphatic carbocycles. The molecule has 4 rings (SSSR count). The third-order valence-electron chi connectivity index (χ3n) is 4.75. The van der Waals surface area contributed by atoms with Gasteiger partial charge in [-0.1, -0.05) is 17.8 Å². The van der Waals surface area contributed by atoms with E-state index in [1.807, 2.05) is 28.8 Å². The number of hydrogen-bond acceptors (Lipinski definition) is 7. The van der Waals surface area contributed by atoms with E-state index in [-0.39, 0.29) is 11.9 Å². The summed E-state index contributed by atoms with van der Waals surface area (Å²) < 4.78 is 7.14. The van der Waals surface area contributed by atoms with Crippen LogP contribution in [0.1, 0.15) is 47.0 Å². The van der Waals surface area contributed by atoms with Gasteiger partial charge in [0, 0.05) is 23.2 Å². The summed E-state index contributed by atoms with van der Waals surface area (Å²) in [7, 11) is 0. The van der Waals surface area contributed by atoms with Crippen molar-refractivity contribution in [1.82, 2.24) is 14.6 Å². The molecule has 0 saturated heterocycles. The number of carbonyl (C=O) groups is 2. The zero-order chi connectivity index (χ0) is 20.2. The number of pyridine rings is 1. The number of hydrogen-bond donors (Lipinski definition) is 1. The highest BCUT2D eigenvalue weighted by Gasteiger charge is 2.27. The van der Waals surface area contributed by atoms with Crippen LogP contribution in [0.4, 0.5) is 5.00 Å². The van der Waals surface area contributed by atoms with Crippen molar-refractivity contribution < 1.29 is 14.3 Å². The normalized spacial score (nSPS) is 13.3. The van der Waals surface area contributed by atoms with E-state index in [1.165, 1.54) is 28.0 Å². The van der Waals surface area contributed by atoms with Gasteiger partial charge in [0.1, 0.15) is 5.00 Å². The fourth-order valence-electron chi connectivity index (χ4n) is 3.42. The average molecular weight is 431 g/mol. The number of esters is 1. The Balaban J connectivity index is 1.41. The Hall–Kier alpha value is -2.39. The Kier molecular flexibility index (Phi) is 6.15. The van der Waals surface area contributed by atoms with Crippen molar-refractivity contribution in [3.63, 3.8) is 0 Å². The van der Waals surface area contributed by atoms with Crippen LogP contribution in [0.3, 0.4) is 0 Å². The van der Waals surface area contributed by atoms with Crippen LogP contribution >= 0.6 is 23.1 Å². The molecule has 0 radical (unpaired) electrons. The lowest BCUT2D eigenvalue weighted by molar-refractivity contribution is -0.115. The Morgan fingerprint density at radius 3 is 3.00 bits per heavy atom. The van der Waals surface area contributed by atoms with Crippen LogP contribution in [0.15, 0.2) is 29.6 Å². The van der Waals surface area contributed by atoms with Crippen molar-refractivity contribution >= 4 is 45.6 Å². The minimum absolute atomic E-state index is 0.115. The third-order valence-corrected chi connectivity index (χ3v) is 6.90. The van der Waals surface area contributed by atoms with Crippen LogP contribution in [0.5, 0.6) is 0 Å². The Morgan fingerprint density at radius 2 is 2.14 bits per heavy atom. The van der Waals surface area contributed by atoms with Crippen molar-refractivity contribution in [2.75, 3.05) is 17.7 Å². The van der Waals surface area contributed by atoms with E-state index < -0.39 is 0 Å². The maximum Gasteiger partial charge on any atom is 0.341 e. The number of thiophene rings is 1. The molecule has 0 bridgehead atoms. The summed E-state index contributed by atoms with van der Waals surface area (Å²) in [6.07, 6.45) is 6.22. The fraction of sp³-hybridized carbons (Fsp3) is 0.400. The molecule has 0 saturated carbocycles. The molecule has 0 fully saturated rings. The molecular weight excluding hydrogens is 408 g/mol. The van der Waals surface area contributed by atoms with Crippen molar-refractivity contribution in [2.45, 2.75) is 44.2 Å². The number of amides is 1. The number of ether oxygens (including phenoxy) is 1. The lowest BCUT2D eigenvalue weighted by atomic mass is 9.95. The molecule has 1 aliphatic rings. The van der Waals surface area contributed by atoms with Gasteiger partial charge in [0.05, 0.1) is 12.2 Å². The maximum atomic E-state index is 12.5. The number of carbonyl (C=O) groups excluding carboxylic acids is 2. The number of nitrogens with zero attached hydrogens (tertiary/aromatic N) is 3. The van der Waals surface area contributed by atoms with Gasteiger partial charge >= 0.3 is 5.97 Å². The predicted octanol–water partition coefficient (Wildman–Crippen LogP) is 3.97. The highest BCUT2D eigenvalue weighted by Crippen LogP contribution is 2.38. The molecule has 0 aromatic carbocycles. The van der Waals surface area contributed by atoms with Crippen molar-refractivity contribution in [1.29, 1.82) is 0 Å². The second-order valence-corrected chi connectivity index (χ2v) is 8.86. The Labute approximate surface area is 176 Å². The van der Waals surface area contributed by atoms with E-state index >= 15 is 0 Å². The molecule has 7 nitrogen and oxygen atoms in total. The Bertz CT molecular complexity index is 1040. The molecule has 0 aliphatic heterocycles. The number of aryl methyl sites for hydroxylation is 1. The van der Waals surface area contributed by atoms with Crippen molar-refractivity contribution in [3.8, 4) is 0 Å². The minimum atomic E-state index is -0.341. The maximum absolute atomic E-state index is 12.5. The number of nitrogens with one attached hydrogen (secondary N) is 1.